The summed E-state index contributed by atoms with van der Waals surface area (Å²) < 4.78 is 10.4. The maximum Gasteiger partial charge on any atom is 0.411 e. The van der Waals surface area contributed by atoms with Crippen LogP contribution in [0.5, 0.6) is 0 Å². The van der Waals surface area contributed by atoms with Crippen LogP contribution in [0.15, 0.2) is 24.5 Å². The van der Waals surface area contributed by atoms with Crippen molar-refractivity contribution >= 4 is 17.8 Å². The molecule has 7 heteroatoms. The summed E-state index contributed by atoms with van der Waals surface area (Å²) in [7, 11) is 0. The van der Waals surface area contributed by atoms with E-state index in [1.807, 2.05) is 0 Å². The molecular formula is C17H22N2O5. The fourth-order valence-electron chi connectivity index (χ4n) is 2.39. The zero-order valence-electron chi connectivity index (χ0n) is 14.2. The van der Waals surface area contributed by atoms with Gasteiger partial charge in [-0.2, -0.15) is 0 Å². The standard InChI is InChI=1S/C17H22N2O5/c1-17(2,3)24-16(22)19-9-5-7-13(19)15(21)23-11-14(20)12-6-4-8-18-10-12/h4,6,8,10,13H,5,7,9,11H2,1-3H3. The second-order valence-electron chi connectivity index (χ2n) is 6.60. The lowest BCUT2D eigenvalue weighted by Gasteiger charge is -2.27. The van der Waals surface area contributed by atoms with E-state index < -0.39 is 23.7 Å². The Kier molecular flexibility index (Phi) is 5.54. The van der Waals surface area contributed by atoms with Gasteiger partial charge >= 0.3 is 12.1 Å². The molecule has 0 saturated carbocycles. The largest absolute Gasteiger partial charge is 0.456 e. The average Bonchev–Trinajstić information content (AvgIpc) is 3.01. The molecule has 130 valence electrons. The Hall–Kier alpha value is -2.44. The highest BCUT2D eigenvalue weighted by atomic mass is 16.6. The van der Waals surface area contributed by atoms with E-state index in [9.17, 15) is 14.4 Å². The van der Waals surface area contributed by atoms with Gasteiger partial charge in [0.1, 0.15) is 11.6 Å². The molecular weight excluding hydrogens is 312 g/mol. The number of aromatic nitrogens is 1. The van der Waals surface area contributed by atoms with Gasteiger partial charge in [0.2, 0.25) is 5.78 Å². The monoisotopic (exact) mass is 334 g/mol. The first-order valence-electron chi connectivity index (χ1n) is 7.87. The minimum Gasteiger partial charge on any atom is -0.456 e. The van der Waals surface area contributed by atoms with Gasteiger partial charge in [0, 0.05) is 24.5 Å². The van der Waals surface area contributed by atoms with E-state index in [0.717, 1.165) is 0 Å². The summed E-state index contributed by atoms with van der Waals surface area (Å²) >= 11 is 0. The summed E-state index contributed by atoms with van der Waals surface area (Å²) in [6.45, 7) is 5.36. The van der Waals surface area contributed by atoms with Gasteiger partial charge in [-0.05, 0) is 45.7 Å². The van der Waals surface area contributed by atoms with Gasteiger partial charge in [0.05, 0.1) is 0 Å². The average molecular weight is 334 g/mol. The van der Waals surface area contributed by atoms with Crippen LogP contribution in [-0.2, 0) is 14.3 Å². The molecule has 7 nitrogen and oxygen atoms in total. The summed E-state index contributed by atoms with van der Waals surface area (Å²) in [5.74, 6) is -0.922. The number of hydrogen-bond acceptors (Lipinski definition) is 6. The molecule has 1 aromatic rings. The number of rotatable bonds is 4. The third-order valence-electron chi connectivity index (χ3n) is 3.48. The van der Waals surface area contributed by atoms with Crippen LogP contribution in [0, 0.1) is 0 Å². The van der Waals surface area contributed by atoms with Crippen LogP contribution in [0.3, 0.4) is 0 Å². The van der Waals surface area contributed by atoms with E-state index in [0.29, 0.717) is 24.9 Å². The molecule has 1 unspecified atom stereocenters. The Bertz CT molecular complexity index is 609. The lowest BCUT2D eigenvalue weighted by atomic mass is 10.2. The molecule has 2 heterocycles. The molecule has 0 bridgehead atoms. The fourth-order valence-corrected chi connectivity index (χ4v) is 2.39. The molecule has 1 fully saturated rings. The number of esters is 1. The maximum atomic E-state index is 12.2. The minimum atomic E-state index is -0.707. The van der Waals surface area contributed by atoms with E-state index in [2.05, 4.69) is 4.98 Å². The quantitative estimate of drug-likeness (QED) is 0.620. The minimum absolute atomic E-state index is 0.335. The zero-order valence-corrected chi connectivity index (χ0v) is 14.2. The van der Waals surface area contributed by atoms with Crippen molar-refractivity contribution in [1.29, 1.82) is 0 Å². The second kappa shape index (κ2) is 7.42. The highest BCUT2D eigenvalue weighted by molar-refractivity contribution is 5.98. The molecule has 1 aromatic heterocycles. The Morgan fingerprint density at radius 3 is 2.71 bits per heavy atom. The number of likely N-dealkylation sites (tertiary alicyclic amines) is 1. The van der Waals surface area contributed by atoms with Crippen molar-refractivity contribution in [2.75, 3.05) is 13.2 Å². The van der Waals surface area contributed by atoms with Crippen LogP contribution < -0.4 is 0 Å². The number of pyridine rings is 1. The Balaban J connectivity index is 1.91. The number of carbonyl (C=O) groups is 3. The molecule has 0 spiro atoms. The third-order valence-corrected chi connectivity index (χ3v) is 3.48. The van der Waals surface area contributed by atoms with Crippen LogP contribution in [0.4, 0.5) is 4.79 Å². The summed E-state index contributed by atoms with van der Waals surface area (Å²) in [6.07, 6.45) is 3.62. The van der Waals surface area contributed by atoms with E-state index in [4.69, 9.17) is 9.47 Å². The smallest absolute Gasteiger partial charge is 0.411 e. The summed E-state index contributed by atoms with van der Waals surface area (Å²) in [6, 6.07) is 2.53. The van der Waals surface area contributed by atoms with Crippen LogP contribution in [0.2, 0.25) is 0 Å². The number of ketones is 1. The highest BCUT2D eigenvalue weighted by Crippen LogP contribution is 2.21. The van der Waals surface area contributed by atoms with Crippen molar-refractivity contribution in [3.8, 4) is 0 Å². The molecule has 1 aliphatic rings. The molecule has 1 aliphatic heterocycles. The summed E-state index contributed by atoms with van der Waals surface area (Å²) in [5, 5.41) is 0. The van der Waals surface area contributed by atoms with Crippen molar-refractivity contribution in [2.45, 2.75) is 45.3 Å². The molecule has 0 aliphatic carbocycles. The van der Waals surface area contributed by atoms with Crippen molar-refractivity contribution < 1.29 is 23.9 Å². The van der Waals surface area contributed by atoms with Crippen molar-refractivity contribution in [2.24, 2.45) is 0 Å². The first kappa shape index (κ1) is 17.9. The zero-order chi connectivity index (χ0) is 17.7. The SMILES string of the molecule is CC(C)(C)OC(=O)N1CCCC1C(=O)OCC(=O)c1cccnc1. The second-order valence-corrected chi connectivity index (χ2v) is 6.60. The first-order valence-corrected chi connectivity index (χ1v) is 7.87. The molecule has 0 N–H and O–H groups in total. The lowest BCUT2D eigenvalue weighted by molar-refractivity contribution is -0.147. The molecule has 1 amide bonds. The number of nitrogens with zero attached hydrogens (tertiary/aromatic N) is 2. The van der Waals surface area contributed by atoms with Crippen molar-refractivity contribution in [1.82, 2.24) is 9.88 Å². The van der Waals surface area contributed by atoms with Crippen molar-refractivity contribution in [3.63, 3.8) is 0 Å². The first-order chi connectivity index (χ1) is 11.3. The maximum absolute atomic E-state index is 12.2. The van der Waals surface area contributed by atoms with Crippen LogP contribution in [-0.4, -0.2) is 52.5 Å². The number of carbonyl (C=O) groups excluding carboxylic acids is 3. The van der Waals surface area contributed by atoms with Crippen LogP contribution in [0.1, 0.15) is 44.0 Å². The summed E-state index contributed by atoms with van der Waals surface area (Å²) in [5.41, 5.74) is -0.259. The highest BCUT2D eigenvalue weighted by Gasteiger charge is 2.37. The number of ether oxygens (including phenoxy) is 2. The fraction of sp³-hybridized carbons (Fsp3) is 0.529. The van der Waals surface area contributed by atoms with Gasteiger partial charge in [-0.15, -0.1) is 0 Å². The number of Topliss-reactive ketones (excluding diaryl/α,β-unsaturated/α-hetero) is 1. The topological polar surface area (TPSA) is 85.8 Å². The lowest BCUT2D eigenvalue weighted by Crippen LogP contribution is -2.44. The van der Waals surface area contributed by atoms with Gasteiger partial charge in [0.25, 0.3) is 0 Å². The summed E-state index contributed by atoms with van der Waals surface area (Å²) in [4.78, 5) is 41.5. The molecule has 0 radical (unpaired) electrons. The molecule has 1 saturated heterocycles. The Morgan fingerprint density at radius 1 is 1.33 bits per heavy atom. The van der Waals surface area contributed by atoms with Crippen molar-refractivity contribution in [3.05, 3.63) is 30.1 Å². The Labute approximate surface area is 140 Å². The van der Waals surface area contributed by atoms with Gasteiger partial charge < -0.3 is 9.47 Å². The van der Waals surface area contributed by atoms with E-state index in [-0.39, 0.29) is 12.4 Å². The predicted octanol–water partition coefficient (Wildman–Crippen LogP) is 2.21. The Morgan fingerprint density at radius 2 is 2.08 bits per heavy atom. The molecule has 24 heavy (non-hydrogen) atoms. The van der Waals surface area contributed by atoms with E-state index in [1.54, 1.807) is 39.1 Å². The van der Waals surface area contributed by atoms with Gasteiger partial charge in [0.15, 0.2) is 6.61 Å². The molecule has 0 aromatic carbocycles. The van der Waals surface area contributed by atoms with Gasteiger partial charge in [-0.3, -0.25) is 14.7 Å². The normalized spacial score (nSPS) is 17.5. The van der Waals surface area contributed by atoms with E-state index in [1.165, 1.54) is 11.1 Å². The van der Waals surface area contributed by atoms with Crippen LogP contribution >= 0.6 is 0 Å². The number of amides is 1. The van der Waals surface area contributed by atoms with Gasteiger partial charge in [-0.1, -0.05) is 0 Å². The van der Waals surface area contributed by atoms with Gasteiger partial charge in [-0.25, -0.2) is 9.59 Å². The molecule has 2 rings (SSSR count). The predicted molar refractivity (Wildman–Crippen MR) is 85.5 cm³/mol. The molecule has 1 atom stereocenters. The third kappa shape index (κ3) is 4.78. The number of hydrogen-bond donors (Lipinski definition) is 0. The van der Waals surface area contributed by atoms with Crippen LogP contribution in [0.25, 0.3) is 0 Å². The van der Waals surface area contributed by atoms with E-state index >= 15 is 0 Å².